The molecule has 5 nitrogen and oxygen atoms in total. The Morgan fingerprint density at radius 2 is 1.38 bits per heavy atom. The van der Waals surface area contributed by atoms with E-state index < -0.39 is 12.7 Å². The fourth-order valence-corrected chi connectivity index (χ4v) is 5.61. The molecule has 6 aromatic rings. The Labute approximate surface area is 231 Å². The van der Waals surface area contributed by atoms with Gasteiger partial charge in [-0.15, -0.1) is 17.8 Å². The van der Waals surface area contributed by atoms with Gasteiger partial charge in [0.25, 0.3) is 0 Å². The fraction of sp³-hybridized carbons (Fsp3) is 0.0938. The van der Waals surface area contributed by atoms with Crippen molar-refractivity contribution in [3.63, 3.8) is 0 Å². The normalized spacial score (nSPS) is 11.5. The fourth-order valence-electron chi connectivity index (χ4n) is 4.49. The average Bonchev–Trinajstić information content (AvgIpc) is 3.36. The number of nitrogens with zero attached hydrogens (tertiary/aromatic N) is 3. The first-order chi connectivity index (χ1) is 18.9. The van der Waals surface area contributed by atoms with E-state index in [1.165, 1.54) is 0 Å². The Morgan fingerprint density at radius 1 is 0.769 bits per heavy atom. The van der Waals surface area contributed by atoms with Crippen molar-refractivity contribution in [2.75, 3.05) is 0 Å². The van der Waals surface area contributed by atoms with Crippen molar-refractivity contribution >= 4 is 44.1 Å². The third kappa shape index (κ3) is 4.94. The SMILES string of the molecule is C#CC(C)(C)OB(O)c1ccc2sc3cccc(-c4nc(-c5ccccc5)nc(-c5ccccc5)n4)c3c2c1. The minimum atomic E-state index is -1.16. The zero-order valence-corrected chi connectivity index (χ0v) is 22.3. The van der Waals surface area contributed by atoms with Crippen LogP contribution < -0.4 is 5.46 Å². The number of terminal acetylenes is 1. The highest BCUT2D eigenvalue weighted by Crippen LogP contribution is 2.39. The van der Waals surface area contributed by atoms with Crippen molar-refractivity contribution in [1.29, 1.82) is 0 Å². The van der Waals surface area contributed by atoms with Gasteiger partial charge in [0.15, 0.2) is 17.5 Å². The standard InChI is InChI=1S/C32H24BN3O2S/c1-4-32(2,3)38-33(37)23-18-19-26-25(20-23)28-24(16-11-17-27(28)39-26)31-35-29(21-12-7-5-8-13-21)34-30(36-31)22-14-9-6-10-15-22/h1,5-20,37H,2-3H3. The van der Waals surface area contributed by atoms with Gasteiger partial charge in [0.05, 0.1) is 0 Å². The Balaban J connectivity index is 1.56. The van der Waals surface area contributed by atoms with E-state index >= 15 is 0 Å². The number of hydrogen-bond acceptors (Lipinski definition) is 6. The zero-order chi connectivity index (χ0) is 27.0. The predicted octanol–water partition coefficient (Wildman–Crippen LogP) is 6.36. The van der Waals surface area contributed by atoms with Crippen molar-refractivity contribution in [1.82, 2.24) is 15.0 Å². The number of fused-ring (bicyclic) bond motifs is 3. The molecule has 0 aliphatic rings. The molecule has 0 saturated heterocycles. The lowest BCUT2D eigenvalue weighted by Gasteiger charge is -2.21. The maximum atomic E-state index is 10.8. The van der Waals surface area contributed by atoms with Crippen LogP contribution in [0.5, 0.6) is 0 Å². The largest absolute Gasteiger partial charge is 0.492 e. The first-order valence-corrected chi connectivity index (χ1v) is 13.4. The molecular formula is C32H24BN3O2S. The van der Waals surface area contributed by atoms with Gasteiger partial charge < -0.3 is 9.68 Å². The van der Waals surface area contributed by atoms with Crippen molar-refractivity contribution in [3.05, 3.63) is 97.1 Å². The lowest BCUT2D eigenvalue weighted by molar-refractivity contribution is 0.145. The molecule has 0 amide bonds. The summed E-state index contributed by atoms with van der Waals surface area (Å²) in [4.78, 5) is 14.7. The monoisotopic (exact) mass is 525 g/mol. The summed E-state index contributed by atoms with van der Waals surface area (Å²) in [5, 5.41) is 12.8. The summed E-state index contributed by atoms with van der Waals surface area (Å²) < 4.78 is 7.93. The lowest BCUT2D eigenvalue weighted by Crippen LogP contribution is -2.41. The number of benzene rings is 4. The molecule has 2 heterocycles. The van der Waals surface area contributed by atoms with Gasteiger partial charge in [-0.2, -0.15) is 0 Å². The molecule has 6 rings (SSSR count). The second kappa shape index (κ2) is 10.1. The number of aromatic nitrogens is 3. The highest BCUT2D eigenvalue weighted by atomic mass is 32.1. The summed E-state index contributed by atoms with van der Waals surface area (Å²) in [6, 6.07) is 31.9. The van der Waals surface area contributed by atoms with E-state index in [9.17, 15) is 5.02 Å². The van der Waals surface area contributed by atoms with Gasteiger partial charge in [-0.05, 0) is 31.4 Å². The molecule has 0 saturated carbocycles. The molecule has 4 aromatic carbocycles. The highest BCUT2D eigenvalue weighted by Gasteiger charge is 2.27. The molecule has 0 spiro atoms. The molecule has 0 bridgehead atoms. The van der Waals surface area contributed by atoms with Crippen LogP contribution in [-0.4, -0.2) is 32.7 Å². The number of hydrogen-bond donors (Lipinski definition) is 1. The molecular weight excluding hydrogens is 501 g/mol. The molecule has 2 aromatic heterocycles. The summed E-state index contributed by atoms with van der Waals surface area (Å²) in [5.41, 5.74) is 2.46. The molecule has 0 unspecified atom stereocenters. The summed E-state index contributed by atoms with van der Waals surface area (Å²) in [5.74, 6) is 4.37. The van der Waals surface area contributed by atoms with E-state index in [1.54, 1.807) is 25.2 Å². The van der Waals surface area contributed by atoms with Gasteiger partial charge in [0, 0.05) is 36.9 Å². The third-order valence-electron chi connectivity index (χ3n) is 6.50. The quantitative estimate of drug-likeness (QED) is 0.203. The van der Waals surface area contributed by atoms with Crippen LogP contribution in [0.25, 0.3) is 54.3 Å². The summed E-state index contributed by atoms with van der Waals surface area (Å²) >= 11 is 1.68. The number of rotatable bonds is 6. The molecule has 0 aliphatic heterocycles. The third-order valence-corrected chi connectivity index (χ3v) is 7.63. The van der Waals surface area contributed by atoms with Gasteiger partial charge >= 0.3 is 7.12 Å². The van der Waals surface area contributed by atoms with Gasteiger partial charge in [0.1, 0.15) is 5.60 Å². The molecule has 188 valence electrons. The van der Waals surface area contributed by atoms with Crippen LogP contribution in [-0.2, 0) is 4.65 Å². The van der Waals surface area contributed by atoms with Crippen LogP contribution in [0.3, 0.4) is 0 Å². The van der Waals surface area contributed by atoms with Crippen LogP contribution in [0.4, 0.5) is 0 Å². The zero-order valence-electron chi connectivity index (χ0n) is 21.5. The Bertz CT molecular complexity index is 1790. The van der Waals surface area contributed by atoms with Gasteiger partial charge in [-0.25, -0.2) is 15.0 Å². The Kier molecular flexibility index (Phi) is 6.45. The minimum Gasteiger partial charge on any atom is -0.423 e. The summed E-state index contributed by atoms with van der Waals surface area (Å²) in [6.07, 6.45) is 5.57. The van der Waals surface area contributed by atoms with E-state index in [2.05, 4.69) is 12.0 Å². The topological polar surface area (TPSA) is 68.1 Å². The van der Waals surface area contributed by atoms with Gasteiger partial charge in [-0.1, -0.05) is 90.8 Å². The predicted molar refractivity (Wildman–Crippen MR) is 161 cm³/mol. The second-order valence-corrected chi connectivity index (χ2v) is 10.8. The Morgan fingerprint density at radius 3 is 2.00 bits per heavy atom. The molecule has 0 aliphatic carbocycles. The molecule has 0 fully saturated rings. The smallest absolute Gasteiger partial charge is 0.423 e. The first-order valence-electron chi connectivity index (χ1n) is 12.6. The van der Waals surface area contributed by atoms with Crippen LogP contribution in [0.1, 0.15) is 13.8 Å². The molecule has 0 radical (unpaired) electrons. The second-order valence-electron chi connectivity index (χ2n) is 9.70. The van der Waals surface area contributed by atoms with Crippen molar-refractivity contribution in [2.24, 2.45) is 0 Å². The molecule has 39 heavy (non-hydrogen) atoms. The van der Waals surface area contributed by atoms with Crippen molar-refractivity contribution < 1.29 is 9.68 Å². The van der Waals surface area contributed by atoms with Crippen LogP contribution in [0.15, 0.2) is 97.1 Å². The maximum absolute atomic E-state index is 10.8. The van der Waals surface area contributed by atoms with Crippen LogP contribution in [0, 0.1) is 12.3 Å². The minimum absolute atomic E-state index is 0.587. The van der Waals surface area contributed by atoms with Crippen LogP contribution >= 0.6 is 11.3 Å². The van der Waals surface area contributed by atoms with E-state index in [4.69, 9.17) is 26.0 Å². The summed E-state index contributed by atoms with van der Waals surface area (Å²) in [7, 11) is -1.16. The van der Waals surface area contributed by atoms with Crippen LogP contribution in [0.2, 0.25) is 0 Å². The maximum Gasteiger partial charge on any atom is 0.492 e. The highest BCUT2D eigenvalue weighted by molar-refractivity contribution is 7.26. The van der Waals surface area contributed by atoms with Crippen molar-refractivity contribution in [3.8, 4) is 46.5 Å². The molecule has 1 N–H and O–H groups in total. The lowest BCUT2D eigenvalue weighted by atomic mass is 9.78. The van der Waals surface area contributed by atoms with Gasteiger partial charge in [0.2, 0.25) is 0 Å². The van der Waals surface area contributed by atoms with E-state index in [0.717, 1.165) is 36.9 Å². The molecule has 7 heteroatoms. The van der Waals surface area contributed by atoms with E-state index in [0.29, 0.717) is 22.9 Å². The average molecular weight is 525 g/mol. The number of thiophene rings is 1. The van der Waals surface area contributed by atoms with E-state index in [1.807, 2.05) is 91.0 Å². The summed E-state index contributed by atoms with van der Waals surface area (Å²) in [6.45, 7) is 3.50. The Hall–Kier alpha value is -4.35. The molecule has 0 atom stereocenters. The van der Waals surface area contributed by atoms with Gasteiger partial charge in [-0.3, -0.25) is 0 Å². The van der Waals surface area contributed by atoms with Crippen molar-refractivity contribution in [2.45, 2.75) is 19.4 Å². The van der Waals surface area contributed by atoms with E-state index in [-0.39, 0.29) is 0 Å². The first kappa shape index (κ1) is 25.0.